The molecule has 0 bridgehead atoms. The summed E-state index contributed by atoms with van der Waals surface area (Å²) in [6.07, 6.45) is 2.99. The van der Waals surface area contributed by atoms with Crippen LogP contribution in [0.3, 0.4) is 0 Å². The predicted octanol–water partition coefficient (Wildman–Crippen LogP) is 3.83. The van der Waals surface area contributed by atoms with Crippen molar-refractivity contribution < 1.29 is 9.90 Å². The molecule has 1 rings (SSSR count). The summed E-state index contributed by atoms with van der Waals surface area (Å²) in [5, 5.41) is 12.8. The average molecular weight is 249 g/mol. The van der Waals surface area contributed by atoms with Crippen molar-refractivity contribution in [1.82, 2.24) is 0 Å². The molecule has 0 radical (unpaired) electrons. The number of aryl methyl sites for hydroxylation is 1. The van der Waals surface area contributed by atoms with Crippen LogP contribution in [0, 0.1) is 6.92 Å². The molecule has 0 aliphatic heterocycles. The lowest BCUT2D eigenvalue weighted by Gasteiger charge is -2.31. The minimum absolute atomic E-state index is 0.643. The normalized spacial score (nSPS) is 11.3. The molecule has 1 aromatic carbocycles. The summed E-state index contributed by atoms with van der Waals surface area (Å²) in [7, 11) is 0. The van der Waals surface area contributed by atoms with Crippen molar-refractivity contribution in [3.63, 3.8) is 0 Å². The number of rotatable bonds is 7. The molecule has 0 spiro atoms. The summed E-state index contributed by atoms with van der Waals surface area (Å²) in [6, 6.07) is 7.87. The van der Waals surface area contributed by atoms with Crippen LogP contribution >= 0.6 is 0 Å². The highest BCUT2D eigenvalue weighted by Gasteiger charge is 2.36. The lowest BCUT2D eigenvalue weighted by molar-refractivity contribution is -0.142. The van der Waals surface area contributed by atoms with Gasteiger partial charge in [0.2, 0.25) is 0 Å². The Morgan fingerprint density at radius 1 is 1.28 bits per heavy atom. The molecule has 0 heterocycles. The highest BCUT2D eigenvalue weighted by atomic mass is 16.4. The molecule has 0 saturated carbocycles. The maximum Gasteiger partial charge on any atom is 0.329 e. The van der Waals surface area contributed by atoms with Crippen molar-refractivity contribution in [1.29, 1.82) is 0 Å². The van der Waals surface area contributed by atoms with E-state index in [0.29, 0.717) is 12.8 Å². The van der Waals surface area contributed by atoms with Crippen molar-refractivity contribution >= 4 is 11.7 Å². The number of hydrogen-bond acceptors (Lipinski definition) is 2. The van der Waals surface area contributed by atoms with E-state index in [4.69, 9.17) is 0 Å². The van der Waals surface area contributed by atoms with Gasteiger partial charge in [-0.15, -0.1) is 0 Å². The van der Waals surface area contributed by atoms with E-state index in [1.165, 1.54) is 0 Å². The van der Waals surface area contributed by atoms with Crippen molar-refractivity contribution in [2.24, 2.45) is 0 Å². The van der Waals surface area contributed by atoms with Crippen LogP contribution in [0.5, 0.6) is 0 Å². The zero-order chi connectivity index (χ0) is 13.6. The minimum Gasteiger partial charge on any atom is -0.480 e. The largest absolute Gasteiger partial charge is 0.480 e. The molecule has 18 heavy (non-hydrogen) atoms. The van der Waals surface area contributed by atoms with Gasteiger partial charge < -0.3 is 10.4 Å². The monoisotopic (exact) mass is 249 g/mol. The van der Waals surface area contributed by atoms with Crippen LogP contribution in [-0.4, -0.2) is 16.6 Å². The zero-order valence-corrected chi connectivity index (χ0v) is 11.5. The summed E-state index contributed by atoms with van der Waals surface area (Å²) in [5.41, 5.74) is 1.18. The molecule has 2 N–H and O–H groups in total. The molecule has 0 aliphatic carbocycles. The predicted molar refractivity (Wildman–Crippen MR) is 75.0 cm³/mol. The van der Waals surface area contributed by atoms with E-state index >= 15 is 0 Å². The van der Waals surface area contributed by atoms with E-state index in [2.05, 4.69) is 5.32 Å². The molecule has 0 amide bonds. The molecule has 100 valence electrons. The second kappa shape index (κ2) is 6.43. The van der Waals surface area contributed by atoms with Crippen molar-refractivity contribution in [3.05, 3.63) is 29.8 Å². The molecule has 0 aliphatic rings. The van der Waals surface area contributed by atoms with Crippen LogP contribution in [-0.2, 0) is 4.79 Å². The van der Waals surface area contributed by atoms with Gasteiger partial charge in [0, 0.05) is 5.69 Å². The van der Waals surface area contributed by atoms with Gasteiger partial charge in [-0.2, -0.15) is 0 Å². The van der Waals surface area contributed by atoms with E-state index in [1.54, 1.807) is 0 Å². The number of aliphatic carboxylic acids is 1. The van der Waals surface area contributed by atoms with Gasteiger partial charge in [-0.25, -0.2) is 4.79 Å². The Kier molecular flexibility index (Phi) is 5.20. The van der Waals surface area contributed by atoms with Crippen molar-refractivity contribution in [2.75, 3.05) is 5.32 Å². The molecule has 0 saturated heterocycles. The van der Waals surface area contributed by atoms with Gasteiger partial charge in [-0.3, -0.25) is 0 Å². The minimum atomic E-state index is -0.836. The number of hydrogen-bond donors (Lipinski definition) is 2. The first-order valence-electron chi connectivity index (χ1n) is 6.62. The van der Waals surface area contributed by atoms with E-state index in [9.17, 15) is 9.90 Å². The highest BCUT2D eigenvalue weighted by Crippen LogP contribution is 2.26. The van der Waals surface area contributed by atoms with Gasteiger partial charge in [0.15, 0.2) is 0 Å². The smallest absolute Gasteiger partial charge is 0.329 e. The highest BCUT2D eigenvalue weighted by molar-refractivity contribution is 5.82. The van der Waals surface area contributed by atoms with Crippen LogP contribution in [0.1, 0.15) is 45.1 Å². The molecule has 3 nitrogen and oxygen atoms in total. The summed E-state index contributed by atoms with van der Waals surface area (Å²) in [4.78, 5) is 11.6. The van der Waals surface area contributed by atoms with Crippen LogP contribution in [0.4, 0.5) is 5.69 Å². The second-order valence-electron chi connectivity index (χ2n) is 4.88. The molecule has 0 unspecified atom stereocenters. The van der Waals surface area contributed by atoms with E-state index in [1.807, 2.05) is 45.0 Å². The summed E-state index contributed by atoms with van der Waals surface area (Å²) in [5.74, 6) is -0.757. The van der Waals surface area contributed by atoms with Gasteiger partial charge in [0.1, 0.15) is 5.54 Å². The van der Waals surface area contributed by atoms with Crippen LogP contribution in [0.2, 0.25) is 0 Å². The van der Waals surface area contributed by atoms with E-state index in [-0.39, 0.29) is 0 Å². The third-order valence-corrected chi connectivity index (χ3v) is 3.16. The SMILES string of the molecule is CCCC(CCC)(Nc1cccc(C)c1)C(=O)O. The number of benzene rings is 1. The number of carboxylic acids is 1. The molecular formula is C15H23NO2. The Labute approximate surface area is 109 Å². The van der Waals surface area contributed by atoms with Crippen LogP contribution in [0.25, 0.3) is 0 Å². The van der Waals surface area contributed by atoms with Gasteiger partial charge >= 0.3 is 5.97 Å². The molecule has 0 aromatic heterocycles. The van der Waals surface area contributed by atoms with Crippen LogP contribution < -0.4 is 5.32 Å². The molecule has 1 aromatic rings. The number of anilines is 1. The van der Waals surface area contributed by atoms with Crippen molar-refractivity contribution in [3.8, 4) is 0 Å². The van der Waals surface area contributed by atoms with E-state index < -0.39 is 11.5 Å². The molecular weight excluding hydrogens is 226 g/mol. The Hall–Kier alpha value is -1.51. The molecule has 0 fully saturated rings. The fraction of sp³-hybridized carbons (Fsp3) is 0.533. The standard InChI is InChI=1S/C15H23NO2/c1-4-9-15(10-5-2,14(17)18)16-13-8-6-7-12(3)11-13/h6-8,11,16H,4-5,9-10H2,1-3H3,(H,17,18). The number of carboxylic acid groups (broad SMARTS) is 1. The first kappa shape index (κ1) is 14.6. The maximum atomic E-state index is 11.6. The Morgan fingerprint density at radius 2 is 1.89 bits per heavy atom. The number of carbonyl (C=O) groups is 1. The first-order chi connectivity index (χ1) is 8.54. The third kappa shape index (κ3) is 3.49. The zero-order valence-electron chi connectivity index (χ0n) is 11.5. The Balaban J connectivity index is 2.99. The summed E-state index contributed by atoms with van der Waals surface area (Å²) < 4.78 is 0. The maximum absolute atomic E-state index is 11.6. The van der Waals surface area contributed by atoms with Gasteiger partial charge in [-0.1, -0.05) is 38.8 Å². The molecule has 3 heteroatoms. The Bertz CT molecular complexity index is 395. The second-order valence-corrected chi connectivity index (χ2v) is 4.88. The Morgan fingerprint density at radius 3 is 2.33 bits per heavy atom. The summed E-state index contributed by atoms with van der Waals surface area (Å²) in [6.45, 7) is 6.05. The number of nitrogens with one attached hydrogen (secondary N) is 1. The fourth-order valence-electron chi connectivity index (χ4n) is 2.37. The summed E-state index contributed by atoms with van der Waals surface area (Å²) >= 11 is 0. The lowest BCUT2D eigenvalue weighted by Crippen LogP contribution is -2.46. The van der Waals surface area contributed by atoms with Gasteiger partial charge in [0.05, 0.1) is 0 Å². The topological polar surface area (TPSA) is 49.3 Å². The quantitative estimate of drug-likeness (QED) is 0.772. The van der Waals surface area contributed by atoms with Crippen LogP contribution in [0.15, 0.2) is 24.3 Å². The van der Waals surface area contributed by atoms with Gasteiger partial charge in [-0.05, 0) is 37.5 Å². The molecule has 0 atom stereocenters. The van der Waals surface area contributed by atoms with Crippen molar-refractivity contribution in [2.45, 2.75) is 52.0 Å². The fourth-order valence-corrected chi connectivity index (χ4v) is 2.37. The average Bonchev–Trinajstić information content (AvgIpc) is 2.29. The first-order valence-corrected chi connectivity index (χ1v) is 6.62. The van der Waals surface area contributed by atoms with Gasteiger partial charge in [0.25, 0.3) is 0 Å². The lowest BCUT2D eigenvalue weighted by atomic mass is 9.88. The third-order valence-electron chi connectivity index (χ3n) is 3.16. The van der Waals surface area contributed by atoms with E-state index in [0.717, 1.165) is 24.1 Å².